The second kappa shape index (κ2) is 4.70. The molecule has 0 aliphatic heterocycles. The van der Waals surface area contributed by atoms with E-state index in [0.717, 1.165) is 6.42 Å². The van der Waals surface area contributed by atoms with Gasteiger partial charge in [0.2, 0.25) is 0 Å². The molecular weight excluding hydrogens is 144 g/mol. The molecule has 0 saturated carbocycles. The molecule has 3 heteroatoms. The molecule has 0 aliphatic rings. The molecule has 0 bridgehead atoms. The van der Waals surface area contributed by atoms with E-state index in [0.29, 0.717) is 0 Å². The molecule has 0 fully saturated rings. The smallest absolute Gasteiger partial charge is 0.284 e. The third kappa shape index (κ3) is 2.15. The minimum Gasteiger partial charge on any atom is -0.331 e. The minimum absolute atomic E-state index is 0.225. The van der Waals surface area contributed by atoms with Crippen LogP contribution in [0.2, 0.25) is 0 Å². The molecule has 0 rings (SSSR count). The van der Waals surface area contributed by atoms with Gasteiger partial charge in [0, 0.05) is 27.2 Å². The lowest BCUT2D eigenvalue weighted by Gasteiger charge is -2.33. The molecule has 0 N–H and O–H groups in total. The van der Waals surface area contributed by atoms with Crippen LogP contribution in [0.3, 0.4) is 0 Å². The van der Waals surface area contributed by atoms with Crippen molar-refractivity contribution < 1.29 is 14.2 Å². The normalized spacial score (nSPS) is 15.0. The topological polar surface area (TPSA) is 27.7 Å². The summed E-state index contributed by atoms with van der Waals surface area (Å²) in [7, 11) is 4.75. The summed E-state index contributed by atoms with van der Waals surface area (Å²) in [5.74, 6) is -0.642. The fourth-order valence-corrected chi connectivity index (χ4v) is 1.10. The highest BCUT2D eigenvalue weighted by Gasteiger charge is 2.35. The van der Waals surface area contributed by atoms with Gasteiger partial charge in [0.15, 0.2) is 0 Å². The standard InChI is InChI=1S/C8H18O3/c1-6-7(2)8(9-3,10-4)11-5/h7H,6H2,1-5H3/t7-/m0/s1. The van der Waals surface area contributed by atoms with E-state index in [-0.39, 0.29) is 5.92 Å². The molecule has 0 amide bonds. The van der Waals surface area contributed by atoms with Gasteiger partial charge in [-0.25, -0.2) is 0 Å². The van der Waals surface area contributed by atoms with Crippen molar-refractivity contribution in [1.82, 2.24) is 0 Å². The van der Waals surface area contributed by atoms with Crippen LogP contribution in [0.4, 0.5) is 0 Å². The fraction of sp³-hybridized carbons (Fsp3) is 1.00. The molecule has 0 aromatic carbocycles. The SMILES string of the molecule is CC[C@H](C)C(OC)(OC)OC. The lowest BCUT2D eigenvalue weighted by molar-refractivity contribution is -0.376. The zero-order chi connectivity index (χ0) is 8.91. The Balaban J connectivity index is 4.26. The largest absolute Gasteiger partial charge is 0.331 e. The Morgan fingerprint density at radius 1 is 1.09 bits per heavy atom. The minimum atomic E-state index is -0.866. The summed E-state index contributed by atoms with van der Waals surface area (Å²) in [6, 6.07) is 0. The molecule has 68 valence electrons. The van der Waals surface area contributed by atoms with E-state index in [1.165, 1.54) is 0 Å². The van der Waals surface area contributed by atoms with Crippen LogP contribution in [0.1, 0.15) is 20.3 Å². The summed E-state index contributed by atoms with van der Waals surface area (Å²) >= 11 is 0. The van der Waals surface area contributed by atoms with E-state index in [1.807, 2.05) is 6.92 Å². The Labute approximate surface area is 68.6 Å². The number of ether oxygens (including phenoxy) is 3. The molecule has 0 aromatic heterocycles. The van der Waals surface area contributed by atoms with Crippen LogP contribution in [-0.4, -0.2) is 27.3 Å². The molecule has 11 heavy (non-hydrogen) atoms. The third-order valence-electron chi connectivity index (χ3n) is 2.07. The maximum Gasteiger partial charge on any atom is 0.284 e. The van der Waals surface area contributed by atoms with Gasteiger partial charge in [0.1, 0.15) is 0 Å². The van der Waals surface area contributed by atoms with Crippen LogP contribution in [-0.2, 0) is 14.2 Å². The Morgan fingerprint density at radius 3 is 1.55 bits per heavy atom. The Hall–Kier alpha value is -0.120. The van der Waals surface area contributed by atoms with Gasteiger partial charge in [-0.05, 0) is 6.42 Å². The molecule has 1 atom stereocenters. The molecule has 0 saturated heterocycles. The van der Waals surface area contributed by atoms with Crippen molar-refractivity contribution in [3.8, 4) is 0 Å². The molecule has 0 aliphatic carbocycles. The van der Waals surface area contributed by atoms with Gasteiger partial charge < -0.3 is 14.2 Å². The van der Waals surface area contributed by atoms with Crippen molar-refractivity contribution in [2.45, 2.75) is 26.2 Å². The van der Waals surface area contributed by atoms with Crippen LogP contribution in [0.15, 0.2) is 0 Å². The second-order valence-corrected chi connectivity index (χ2v) is 2.53. The maximum atomic E-state index is 5.14. The Bertz CT molecular complexity index is 91.2. The van der Waals surface area contributed by atoms with Crippen LogP contribution in [0.25, 0.3) is 0 Å². The highest BCUT2D eigenvalue weighted by Crippen LogP contribution is 2.25. The summed E-state index contributed by atoms with van der Waals surface area (Å²) in [6.07, 6.45) is 0.954. The summed E-state index contributed by atoms with van der Waals surface area (Å²) in [6.45, 7) is 4.09. The van der Waals surface area contributed by atoms with Crippen molar-refractivity contribution in [2.75, 3.05) is 21.3 Å². The highest BCUT2D eigenvalue weighted by atomic mass is 16.9. The quantitative estimate of drug-likeness (QED) is 0.575. The third-order valence-corrected chi connectivity index (χ3v) is 2.07. The molecule has 0 heterocycles. The summed E-state index contributed by atoms with van der Waals surface area (Å²) in [4.78, 5) is 0. The summed E-state index contributed by atoms with van der Waals surface area (Å²) in [5.41, 5.74) is 0. The number of rotatable bonds is 5. The van der Waals surface area contributed by atoms with Crippen molar-refractivity contribution in [1.29, 1.82) is 0 Å². The van der Waals surface area contributed by atoms with Gasteiger partial charge in [0.05, 0.1) is 0 Å². The lowest BCUT2D eigenvalue weighted by atomic mass is 10.1. The first kappa shape index (κ1) is 10.9. The van der Waals surface area contributed by atoms with E-state index in [9.17, 15) is 0 Å². The van der Waals surface area contributed by atoms with Crippen LogP contribution in [0.5, 0.6) is 0 Å². The monoisotopic (exact) mass is 162 g/mol. The average molecular weight is 162 g/mol. The van der Waals surface area contributed by atoms with Gasteiger partial charge in [-0.15, -0.1) is 0 Å². The number of hydrogen-bond acceptors (Lipinski definition) is 3. The molecular formula is C8H18O3. The first-order valence-electron chi connectivity index (χ1n) is 3.82. The number of hydrogen-bond donors (Lipinski definition) is 0. The number of methoxy groups -OCH3 is 3. The predicted molar refractivity (Wildman–Crippen MR) is 43.2 cm³/mol. The van der Waals surface area contributed by atoms with Crippen molar-refractivity contribution in [2.24, 2.45) is 5.92 Å². The molecule has 0 aromatic rings. The van der Waals surface area contributed by atoms with E-state index >= 15 is 0 Å². The molecule has 3 nitrogen and oxygen atoms in total. The Morgan fingerprint density at radius 2 is 1.45 bits per heavy atom. The first-order chi connectivity index (χ1) is 5.16. The lowest BCUT2D eigenvalue weighted by Crippen LogP contribution is -2.42. The van der Waals surface area contributed by atoms with Gasteiger partial charge in [-0.1, -0.05) is 13.8 Å². The Kier molecular flexibility index (Phi) is 4.65. The van der Waals surface area contributed by atoms with Crippen molar-refractivity contribution in [3.63, 3.8) is 0 Å². The van der Waals surface area contributed by atoms with E-state index in [1.54, 1.807) is 21.3 Å². The average Bonchev–Trinajstić information content (AvgIpc) is 2.08. The fourth-order valence-electron chi connectivity index (χ4n) is 1.10. The highest BCUT2D eigenvalue weighted by molar-refractivity contribution is 4.63. The van der Waals surface area contributed by atoms with Crippen molar-refractivity contribution >= 4 is 0 Å². The summed E-state index contributed by atoms with van der Waals surface area (Å²) in [5, 5.41) is 0. The zero-order valence-electron chi connectivity index (χ0n) is 8.01. The van der Waals surface area contributed by atoms with E-state index < -0.39 is 5.97 Å². The van der Waals surface area contributed by atoms with Gasteiger partial charge in [-0.2, -0.15) is 0 Å². The predicted octanol–water partition coefficient (Wildman–Crippen LogP) is 1.63. The van der Waals surface area contributed by atoms with Gasteiger partial charge in [-0.3, -0.25) is 0 Å². The van der Waals surface area contributed by atoms with Crippen LogP contribution in [0, 0.1) is 5.92 Å². The van der Waals surface area contributed by atoms with E-state index in [4.69, 9.17) is 14.2 Å². The molecule has 0 spiro atoms. The first-order valence-corrected chi connectivity index (χ1v) is 3.82. The van der Waals surface area contributed by atoms with E-state index in [2.05, 4.69) is 6.92 Å². The molecule has 0 unspecified atom stereocenters. The second-order valence-electron chi connectivity index (χ2n) is 2.53. The van der Waals surface area contributed by atoms with Gasteiger partial charge >= 0.3 is 0 Å². The zero-order valence-corrected chi connectivity index (χ0v) is 8.01. The summed E-state index contributed by atoms with van der Waals surface area (Å²) < 4.78 is 15.4. The van der Waals surface area contributed by atoms with Gasteiger partial charge in [0.25, 0.3) is 5.97 Å². The van der Waals surface area contributed by atoms with Crippen LogP contribution >= 0.6 is 0 Å². The van der Waals surface area contributed by atoms with Crippen LogP contribution < -0.4 is 0 Å². The maximum absolute atomic E-state index is 5.14. The molecule has 0 radical (unpaired) electrons. The van der Waals surface area contributed by atoms with Crippen molar-refractivity contribution in [3.05, 3.63) is 0 Å².